The van der Waals surface area contributed by atoms with Gasteiger partial charge in [-0.05, 0) is 58.5 Å². The summed E-state index contributed by atoms with van der Waals surface area (Å²) in [5, 5.41) is 7.29. The van der Waals surface area contributed by atoms with Gasteiger partial charge in [-0.15, -0.1) is 0 Å². The SMILES string of the molecule is CCN1CC[C@@H]2C[C@@H](N3CCOCC3)CC[C@@]2(C(=O)NCc2c(C)noc2C)C1. The zero-order valence-electron chi connectivity index (χ0n) is 18.2. The third-order valence-electron chi connectivity index (χ3n) is 7.63. The maximum atomic E-state index is 13.6. The normalized spacial score (nSPS) is 31.4. The lowest BCUT2D eigenvalue weighted by Gasteiger charge is -2.53. The van der Waals surface area contributed by atoms with E-state index in [0.29, 0.717) is 18.5 Å². The summed E-state index contributed by atoms with van der Waals surface area (Å²) in [5.41, 5.74) is 1.61. The first-order valence-electron chi connectivity index (χ1n) is 11.3. The number of fused-ring (bicyclic) bond motifs is 1. The monoisotopic (exact) mass is 404 g/mol. The van der Waals surface area contributed by atoms with Gasteiger partial charge in [0.15, 0.2) is 0 Å². The van der Waals surface area contributed by atoms with Crippen molar-refractivity contribution in [2.45, 2.75) is 59.0 Å². The van der Waals surface area contributed by atoms with Crippen molar-refractivity contribution in [1.82, 2.24) is 20.3 Å². The molecule has 1 saturated carbocycles. The Bertz CT molecular complexity index is 695. The Balaban J connectivity index is 1.48. The van der Waals surface area contributed by atoms with Gasteiger partial charge in [0.25, 0.3) is 0 Å². The molecule has 3 heterocycles. The quantitative estimate of drug-likeness (QED) is 0.811. The number of likely N-dealkylation sites (tertiary alicyclic amines) is 1. The van der Waals surface area contributed by atoms with Gasteiger partial charge in [-0.2, -0.15) is 0 Å². The van der Waals surface area contributed by atoms with Gasteiger partial charge in [-0.1, -0.05) is 12.1 Å². The average Bonchev–Trinajstić information content (AvgIpc) is 3.09. The van der Waals surface area contributed by atoms with Gasteiger partial charge in [0.2, 0.25) is 5.91 Å². The molecular weight excluding hydrogens is 368 g/mol. The molecule has 0 aromatic carbocycles. The molecule has 1 aromatic heterocycles. The van der Waals surface area contributed by atoms with Gasteiger partial charge in [0.1, 0.15) is 5.76 Å². The molecule has 2 saturated heterocycles. The Morgan fingerprint density at radius 1 is 1.24 bits per heavy atom. The van der Waals surface area contributed by atoms with E-state index in [1.54, 1.807) is 0 Å². The largest absolute Gasteiger partial charge is 0.379 e. The summed E-state index contributed by atoms with van der Waals surface area (Å²) in [7, 11) is 0. The molecule has 7 heteroatoms. The van der Waals surface area contributed by atoms with E-state index in [2.05, 4.69) is 27.2 Å². The molecule has 0 spiro atoms. The summed E-state index contributed by atoms with van der Waals surface area (Å²) >= 11 is 0. The van der Waals surface area contributed by atoms with Gasteiger partial charge in [0.05, 0.1) is 24.3 Å². The van der Waals surface area contributed by atoms with Crippen molar-refractivity contribution in [1.29, 1.82) is 0 Å². The van der Waals surface area contributed by atoms with Crippen LogP contribution < -0.4 is 5.32 Å². The first-order chi connectivity index (χ1) is 14.0. The van der Waals surface area contributed by atoms with Crippen LogP contribution in [0.15, 0.2) is 4.52 Å². The smallest absolute Gasteiger partial charge is 0.228 e. The molecule has 3 aliphatic rings. The van der Waals surface area contributed by atoms with Crippen LogP contribution in [-0.2, 0) is 16.1 Å². The molecule has 1 aromatic rings. The minimum Gasteiger partial charge on any atom is -0.379 e. The number of morpholine rings is 1. The molecule has 3 fully saturated rings. The van der Waals surface area contributed by atoms with Gasteiger partial charge >= 0.3 is 0 Å². The van der Waals surface area contributed by atoms with Crippen molar-refractivity contribution >= 4 is 5.91 Å². The number of rotatable bonds is 5. The first-order valence-corrected chi connectivity index (χ1v) is 11.3. The molecule has 0 bridgehead atoms. The minimum absolute atomic E-state index is 0.223. The highest BCUT2D eigenvalue weighted by atomic mass is 16.5. The lowest BCUT2D eigenvalue weighted by molar-refractivity contribution is -0.145. The van der Waals surface area contributed by atoms with Crippen LogP contribution in [0.5, 0.6) is 0 Å². The second-order valence-electron chi connectivity index (χ2n) is 9.07. The van der Waals surface area contributed by atoms with Crippen molar-refractivity contribution < 1.29 is 14.1 Å². The fourth-order valence-corrected chi connectivity index (χ4v) is 5.73. The maximum Gasteiger partial charge on any atom is 0.228 e. The van der Waals surface area contributed by atoms with Crippen LogP contribution in [0.3, 0.4) is 0 Å². The second kappa shape index (κ2) is 8.74. The van der Waals surface area contributed by atoms with Crippen LogP contribution >= 0.6 is 0 Å². The van der Waals surface area contributed by atoms with Crippen molar-refractivity contribution in [3.8, 4) is 0 Å². The van der Waals surface area contributed by atoms with Crippen molar-refractivity contribution in [3.63, 3.8) is 0 Å². The topological polar surface area (TPSA) is 70.8 Å². The summed E-state index contributed by atoms with van der Waals surface area (Å²) < 4.78 is 10.8. The number of nitrogens with one attached hydrogen (secondary N) is 1. The highest BCUT2D eigenvalue weighted by Crippen LogP contribution is 2.48. The van der Waals surface area contributed by atoms with E-state index in [1.165, 1.54) is 0 Å². The molecule has 0 unspecified atom stereocenters. The van der Waals surface area contributed by atoms with E-state index in [-0.39, 0.29) is 11.3 Å². The Labute approximate surface area is 174 Å². The van der Waals surface area contributed by atoms with Gasteiger partial charge < -0.3 is 19.5 Å². The number of carbonyl (C=O) groups is 1. The molecule has 1 amide bonds. The van der Waals surface area contributed by atoms with Crippen molar-refractivity contribution in [2.24, 2.45) is 11.3 Å². The standard InChI is InChI=1S/C22H36N4O3/c1-4-25-8-6-18-13-19(26-9-11-28-12-10-26)5-7-22(18,15-25)21(27)23-14-20-16(2)24-29-17(20)3/h18-19H,4-15H2,1-3H3,(H,23,27)/t18-,19+,22-/m1/s1. The lowest BCUT2D eigenvalue weighted by atomic mass is 9.61. The predicted molar refractivity (Wildman–Crippen MR) is 111 cm³/mol. The van der Waals surface area contributed by atoms with Crippen molar-refractivity contribution in [3.05, 3.63) is 17.0 Å². The second-order valence-corrected chi connectivity index (χ2v) is 9.07. The van der Waals surface area contributed by atoms with Gasteiger partial charge in [0, 0.05) is 37.8 Å². The minimum atomic E-state index is -0.268. The molecule has 2 aliphatic heterocycles. The molecule has 0 radical (unpaired) electrons. The first kappa shape index (κ1) is 20.8. The van der Waals surface area contributed by atoms with Crippen LogP contribution in [0.2, 0.25) is 0 Å². The highest BCUT2D eigenvalue weighted by molar-refractivity contribution is 5.83. The van der Waals surface area contributed by atoms with Gasteiger partial charge in [-0.25, -0.2) is 0 Å². The van der Waals surface area contributed by atoms with E-state index < -0.39 is 0 Å². The number of amides is 1. The molecule has 1 aliphatic carbocycles. The molecule has 1 N–H and O–H groups in total. The van der Waals surface area contributed by atoms with Crippen molar-refractivity contribution in [2.75, 3.05) is 45.9 Å². The van der Waals surface area contributed by atoms with Crippen LogP contribution in [0.4, 0.5) is 0 Å². The number of hydrogen-bond donors (Lipinski definition) is 1. The summed E-state index contributed by atoms with van der Waals surface area (Å²) in [6.07, 6.45) is 4.33. The van der Waals surface area contributed by atoms with E-state index in [4.69, 9.17) is 9.26 Å². The van der Waals surface area contributed by atoms with Gasteiger partial charge in [-0.3, -0.25) is 9.69 Å². The Kier molecular flexibility index (Phi) is 6.27. The predicted octanol–water partition coefficient (Wildman–Crippen LogP) is 2.12. The molecule has 162 valence electrons. The van der Waals surface area contributed by atoms with E-state index in [9.17, 15) is 4.79 Å². The van der Waals surface area contributed by atoms with E-state index in [0.717, 1.165) is 88.6 Å². The number of hydrogen-bond acceptors (Lipinski definition) is 6. The zero-order chi connectivity index (χ0) is 20.4. The highest BCUT2D eigenvalue weighted by Gasteiger charge is 2.52. The number of carbonyl (C=O) groups excluding carboxylic acids is 1. The van der Waals surface area contributed by atoms with Crippen LogP contribution in [0.1, 0.15) is 49.6 Å². The van der Waals surface area contributed by atoms with Crippen LogP contribution in [0, 0.1) is 25.2 Å². The summed E-state index contributed by atoms with van der Waals surface area (Å²) in [6.45, 7) is 13.3. The van der Waals surface area contributed by atoms with E-state index in [1.807, 2.05) is 13.8 Å². The van der Waals surface area contributed by atoms with E-state index >= 15 is 0 Å². The zero-order valence-corrected chi connectivity index (χ0v) is 18.2. The Morgan fingerprint density at radius 2 is 2.03 bits per heavy atom. The molecule has 29 heavy (non-hydrogen) atoms. The number of aromatic nitrogens is 1. The van der Waals surface area contributed by atoms with Crippen LogP contribution in [-0.4, -0.2) is 72.8 Å². The Morgan fingerprint density at radius 3 is 2.72 bits per heavy atom. The fraction of sp³-hybridized carbons (Fsp3) is 0.818. The van der Waals surface area contributed by atoms with Crippen LogP contribution in [0.25, 0.3) is 0 Å². The summed E-state index contributed by atoms with van der Waals surface area (Å²) in [4.78, 5) is 18.7. The fourth-order valence-electron chi connectivity index (χ4n) is 5.73. The summed E-state index contributed by atoms with van der Waals surface area (Å²) in [5.74, 6) is 1.48. The lowest BCUT2D eigenvalue weighted by Crippen LogP contribution is -2.60. The molecule has 4 rings (SSSR count). The third-order valence-corrected chi connectivity index (χ3v) is 7.63. The average molecular weight is 405 g/mol. The third kappa shape index (κ3) is 4.09. The molecule has 7 nitrogen and oxygen atoms in total. The molecule has 3 atom stereocenters. The number of ether oxygens (including phenoxy) is 1. The number of aryl methyl sites for hydroxylation is 2. The summed E-state index contributed by atoms with van der Waals surface area (Å²) in [6, 6.07) is 0.598. The molecular formula is C22H36N4O3. The maximum absolute atomic E-state index is 13.6. The Hall–Kier alpha value is -1.44. The number of nitrogens with zero attached hydrogens (tertiary/aromatic N) is 3. The number of piperidine rings is 1.